The predicted octanol–water partition coefficient (Wildman–Crippen LogP) is 3.72. The molecule has 0 radical (unpaired) electrons. The number of benzene rings is 2. The Balaban J connectivity index is 1.51. The molecule has 4 rings (SSSR count). The van der Waals surface area contributed by atoms with Gasteiger partial charge < -0.3 is 5.32 Å². The van der Waals surface area contributed by atoms with E-state index < -0.39 is 0 Å². The molecule has 0 aliphatic heterocycles. The monoisotopic (exact) mass is 331 g/mol. The van der Waals surface area contributed by atoms with Crippen LogP contribution in [0.1, 0.15) is 35.3 Å². The van der Waals surface area contributed by atoms with Crippen molar-refractivity contribution in [1.82, 2.24) is 14.9 Å². The smallest absolute Gasteiger partial charge is 0.269 e. The molecule has 1 fully saturated rings. The standard InChI is InChI=1S/C21H21N3O/c25-20(19-14-22-16-24(19)18-10-5-2-6-11-18)23-15-21(12-7-13-21)17-8-3-1-4-9-17/h1-6,8-11,14,16H,7,12-13,15H2,(H,23,25). The van der Waals surface area contributed by atoms with Gasteiger partial charge in [-0.2, -0.15) is 0 Å². The topological polar surface area (TPSA) is 46.9 Å². The van der Waals surface area contributed by atoms with Crippen molar-refractivity contribution in [3.63, 3.8) is 0 Å². The van der Waals surface area contributed by atoms with Gasteiger partial charge in [0.1, 0.15) is 5.69 Å². The number of para-hydroxylation sites is 1. The summed E-state index contributed by atoms with van der Waals surface area (Å²) >= 11 is 0. The van der Waals surface area contributed by atoms with Crippen molar-refractivity contribution in [3.05, 3.63) is 84.4 Å². The Labute approximate surface area is 147 Å². The summed E-state index contributed by atoms with van der Waals surface area (Å²) < 4.78 is 1.82. The average molecular weight is 331 g/mol. The third-order valence-corrected chi connectivity index (χ3v) is 5.19. The summed E-state index contributed by atoms with van der Waals surface area (Å²) in [7, 11) is 0. The van der Waals surface area contributed by atoms with Gasteiger partial charge in [-0.15, -0.1) is 0 Å². The van der Waals surface area contributed by atoms with Gasteiger partial charge in [0.2, 0.25) is 0 Å². The van der Waals surface area contributed by atoms with Crippen LogP contribution in [0.2, 0.25) is 0 Å². The summed E-state index contributed by atoms with van der Waals surface area (Å²) in [6, 6.07) is 20.3. The maximum Gasteiger partial charge on any atom is 0.269 e. The molecule has 1 aliphatic carbocycles. The SMILES string of the molecule is O=C(NCC1(c2ccccc2)CCC1)c1cncn1-c1ccccc1. The minimum absolute atomic E-state index is 0.0779. The van der Waals surface area contributed by atoms with Crippen LogP contribution in [0.15, 0.2) is 73.2 Å². The van der Waals surface area contributed by atoms with Crippen LogP contribution in [0.25, 0.3) is 5.69 Å². The summed E-state index contributed by atoms with van der Waals surface area (Å²) in [6.07, 6.45) is 6.76. The van der Waals surface area contributed by atoms with Gasteiger partial charge in [-0.25, -0.2) is 4.98 Å². The predicted molar refractivity (Wildman–Crippen MR) is 97.9 cm³/mol. The van der Waals surface area contributed by atoms with Crippen LogP contribution in [-0.2, 0) is 5.41 Å². The molecule has 1 aliphatic rings. The number of hydrogen-bond donors (Lipinski definition) is 1. The van der Waals surface area contributed by atoms with Crippen molar-refractivity contribution in [3.8, 4) is 5.69 Å². The minimum atomic E-state index is -0.0800. The van der Waals surface area contributed by atoms with E-state index in [0.717, 1.165) is 18.5 Å². The van der Waals surface area contributed by atoms with Crippen molar-refractivity contribution < 1.29 is 4.79 Å². The zero-order valence-electron chi connectivity index (χ0n) is 14.1. The highest BCUT2D eigenvalue weighted by molar-refractivity contribution is 5.93. The molecule has 25 heavy (non-hydrogen) atoms. The Hall–Kier alpha value is -2.88. The summed E-state index contributed by atoms with van der Waals surface area (Å²) in [6.45, 7) is 0.663. The molecule has 0 bridgehead atoms. The van der Waals surface area contributed by atoms with Crippen molar-refractivity contribution in [2.24, 2.45) is 0 Å². The number of nitrogens with zero attached hydrogens (tertiary/aromatic N) is 2. The van der Waals surface area contributed by atoms with Gasteiger partial charge in [-0.1, -0.05) is 55.0 Å². The van der Waals surface area contributed by atoms with E-state index in [1.165, 1.54) is 12.0 Å². The van der Waals surface area contributed by atoms with E-state index in [-0.39, 0.29) is 11.3 Å². The number of rotatable bonds is 5. The van der Waals surface area contributed by atoms with E-state index in [1.54, 1.807) is 12.5 Å². The second-order valence-corrected chi connectivity index (χ2v) is 6.67. The van der Waals surface area contributed by atoms with Gasteiger partial charge in [0, 0.05) is 17.6 Å². The van der Waals surface area contributed by atoms with Crippen molar-refractivity contribution in [2.45, 2.75) is 24.7 Å². The second kappa shape index (κ2) is 6.55. The molecule has 1 heterocycles. The van der Waals surface area contributed by atoms with Crippen molar-refractivity contribution in [1.29, 1.82) is 0 Å². The van der Waals surface area contributed by atoms with Crippen LogP contribution in [-0.4, -0.2) is 22.0 Å². The molecule has 0 saturated heterocycles. The molecular formula is C21H21N3O. The largest absolute Gasteiger partial charge is 0.350 e. The average Bonchev–Trinajstić information content (AvgIpc) is 3.12. The summed E-state index contributed by atoms with van der Waals surface area (Å²) in [5.74, 6) is -0.0800. The van der Waals surface area contributed by atoms with Crippen LogP contribution in [0.4, 0.5) is 0 Å². The second-order valence-electron chi connectivity index (χ2n) is 6.67. The normalized spacial score (nSPS) is 15.4. The molecule has 1 saturated carbocycles. The summed E-state index contributed by atoms with van der Waals surface area (Å²) in [5, 5.41) is 3.14. The minimum Gasteiger partial charge on any atom is -0.350 e. The summed E-state index contributed by atoms with van der Waals surface area (Å²) in [4.78, 5) is 16.9. The highest BCUT2D eigenvalue weighted by Gasteiger charge is 2.38. The molecule has 4 nitrogen and oxygen atoms in total. The maximum absolute atomic E-state index is 12.7. The van der Waals surface area contributed by atoms with Crippen LogP contribution < -0.4 is 5.32 Å². The molecule has 0 spiro atoms. The van der Waals surface area contributed by atoms with Crippen LogP contribution >= 0.6 is 0 Å². The van der Waals surface area contributed by atoms with E-state index in [9.17, 15) is 4.79 Å². The number of imidazole rings is 1. The first-order chi connectivity index (χ1) is 12.3. The molecule has 1 aromatic heterocycles. The number of carbonyl (C=O) groups excluding carboxylic acids is 1. The first-order valence-corrected chi connectivity index (χ1v) is 8.70. The van der Waals surface area contributed by atoms with Gasteiger partial charge in [0.25, 0.3) is 5.91 Å². The zero-order valence-corrected chi connectivity index (χ0v) is 14.1. The molecular weight excluding hydrogens is 310 g/mol. The highest BCUT2D eigenvalue weighted by atomic mass is 16.2. The van der Waals surface area contributed by atoms with Crippen molar-refractivity contribution in [2.75, 3.05) is 6.54 Å². The fourth-order valence-electron chi connectivity index (χ4n) is 3.56. The van der Waals surface area contributed by atoms with Crippen LogP contribution in [0.5, 0.6) is 0 Å². The highest BCUT2D eigenvalue weighted by Crippen LogP contribution is 2.43. The molecule has 0 atom stereocenters. The molecule has 3 aromatic rings. The number of nitrogens with one attached hydrogen (secondary N) is 1. The van der Waals surface area contributed by atoms with Gasteiger partial charge in [0.15, 0.2) is 0 Å². The molecule has 1 N–H and O–H groups in total. The number of hydrogen-bond acceptors (Lipinski definition) is 2. The van der Waals surface area contributed by atoms with Crippen LogP contribution in [0, 0.1) is 0 Å². The van der Waals surface area contributed by atoms with E-state index in [2.05, 4.69) is 34.6 Å². The van der Waals surface area contributed by atoms with Gasteiger partial charge in [-0.3, -0.25) is 9.36 Å². The van der Waals surface area contributed by atoms with Gasteiger partial charge in [0.05, 0.1) is 12.5 Å². The lowest BCUT2D eigenvalue weighted by atomic mass is 9.64. The Morgan fingerprint density at radius 2 is 1.72 bits per heavy atom. The van der Waals surface area contributed by atoms with Crippen LogP contribution in [0.3, 0.4) is 0 Å². The van der Waals surface area contributed by atoms with Gasteiger partial charge in [-0.05, 0) is 30.5 Å². The molecule has 126 valence electrons. The Morgan fingerprint density at radius 3 is 2.36 bits per heavy atom. The van der Waals surface area contributed by atoms with Gasteiger partial charge >= 0.3 is 0 Å². The van der Waals surface area contributed by atoms with E-state index in [1.807, 2.05) is 41.0 Å². The van der Waals surface area contributed by atoms with E-state index in [4.69, 9.17) is 0 Å². The number of carbonyl (C=O) groups is 1. The third-order valence-electron chi connectivity index (χ3n) is 5.19. The Bertz CT molecular complexity index is 851. The van der Waals surface area contributed by atoms with E-state index in [0.29, 0.717) is 12.2 Å². The first kappa shape index (κ1) is 15.6. The first-order valence-electron chi connectivity index (χ1n) is 8.70. The Kier molecular flexibility index (Phi) is 4.10. The number of amides is 1. The Morgan fingerprint density at radius 1 is 1.04 bits per heavy atom. The molecule has 1 amide bonds. The quantitative estimate of drug-likeness (QED) is 0.774. The lowest BCUT2D eigenvalue weighted by molar-refractivity contribution is 0.0921. The van der Waals surface area contributed by atoms with Crippen molar-refractivity contribution >= 4 is 5.91 Å². The summed E-state index contributed by atoms with van der Waals surface area (Å²) in [5.41, 5.74) is 2.90. The molecule has 0 unspecified atom stereocenters. The molecule has 4 heteroatoms. The number of aromatic nitrogens is 2. The fourth-order valence-corrected chi connectivity index (χ4v) is 3.56. The fraction of sp³-hybridized carbons (Fsp3) is 0.238. The zero-order chi connectivity index (χ0) is 17.1. The molecule has 2 aromatic carbocycles. The lowest BCUT2D eigenvalue weighted by Crippen LogP contribution is -2.45. The van der Waals surface area contributed by atoms with E-state index >= 15 is 0 Å². The third kappa shape index (κ3) is 2.95. The lowest BCUT2D eigenvalue weighted by Gasteiger charge is -2.42. The maximum atomic E-state index is 12.7.